The predicted molar refractivity (Wildman–Crippen MR) is 102 cm³/mol. The third-order valence-corrected chi connectivity index (χ3v) is 5.56. The molecule has 2 aromatic rings. The molecule has 0 radical (unpaired) electrons. The number of benzene rings is 2. The van der Waals surface area contributed by atoms with Crippen LogP contribution in [0, 0.1) is 0 Å². The topological polar surface area (TPSA) is 63.7 Å². The van der Waals surface area contributed by atoms with Crippen molar-refractivity contribution in [1.82, 2.24) is 4.90 Å². The van der Waals surface area contributed by atoms with Gasteiger partial charge in [0.15, 0.2) is 9.84 Å². The highest BCUT2D eigenvalue weighted by Gasteiger charge is 2.18. The molecule has 26 heavy (non-hydrogen) atoms. The number of ether oxygens (including phenoxy) is 1. The molecule has 0 aliphatic carbocycles. The zero-order valence-corrected chi connectivity index (χ0v) is 15.6. The number of hydrogen-bond acceptors (Lipinski definition) is 4. The lowest BCUT2D eigenvalue weighted by atomic mass is 10.1. The van der Waals surface area contributed by atoms with Crippen molar-refractivity contribution in [2.45, 2.75) is 11.4 Å². The third-order valence-electron chi connectivity index (χ3n) is 3.87. The van der Waals surface area contributed by atoms with Crippen molar-refractivity contribution < 1.29 is 17.9 Å². The minimum absolute atomic E-state index is 0.0899. The van der Waals surface area contributed by atoms with Crippen molar-refractivity contribution >= 4 is 15.7 Å². The van der Waals surface area contributed by atoms with Gasteiger partial charge >= 0.3 is 0 Å². The van der Waals surface area contributed by atoms with Crippen molar-refractivity contribution in [3.63, 3.8) is 0 Å². The first kappa shape index (κ1) is 19.9. The van der Waals surface area contributed by atoms with Crippen LogP contribution in [0.5, 0.6) is 0 Å². The van der Waals surface area contributed by atoms with Gasteiger partial charge in [-0.1, -0.05) is 36.4 Å². The molecule has 0 spiro atoms. The summed E-state index contributed by atoms with van der Waals surface area (Å²) < 4.78 is 29.1. The molecule has 0 saturated carbocycles. The molecule has 2 rings (SSSR count). The number of rotatable bonds is 9. The first-order valence-corrected chi connectivity index (χ1v) is 9.89. The van der Waals surface area contributed by atoms with Gasteiger partial charge < -0.3 is 9.64 Å². The summed E-state index contributed by atoms with van der Waals surface area (Å²) in [6.45, 7) is 4.70. The molecule has 138 valence electrons. The summed E-state index contributed by atoms with van der Waals surface area (Å²) in [5, 5.41) is 0. The van der Waals surface area contributed by atoms with Crippen LogP contribution in [0.1, 0.15) is 15.9 Å². The minimum Gasteiger partial charge on any atom is -0.384 e. The quantitative estimate of drug-likeness (QED) is 0.634. The zero-order valence-electron chi connectivity index (χ0n) is 14.8. The van der Waals surface area contributed by atoms with E-state index in [1.165, 1.54) is 19.2 Å². The van der Waals surface area contributed by atoms with Crippen LogP contribution in [0.25, 0.3) is 0 Å². The van der Waals surface area contributed by atoms with E-state index < -0.39 is 9.84 Å². The Bertz CT molecular complexity index is 830. The molecule has 0 unspecified atom stereocenters. The van der Waals surface area contributed by atoms with Crippen LogP contribution in [-0.2, 0) is 21.1 Å². The van der Waals surface area contributed by atoms with E-state index in [2.05, 4.69) is 6.58 Å². The summed E-state index contributed by atoms with van der Waals surface area (Å²) in [6.07, 6.45) is 1.67. The summed E-state index contributed by atoms with van der Waals surface area (Å²) in [5.41, 5.74) is 1.45. The predicted octanol–water partition coefficient (Wildman–Crippen LogP) is 2.94. The molecule has 2 aromatic carbocycles. The fourth-order valence-corrected chi connectivity index (χ4v) is 3.65. The van der Waals surface area contributed by atoms with Crippen LogP contribution in [-0.4, -0.2) is 45.2 Å². The van der Waals surface area contributed by atoms with Gasteiger partial charge in [-0.2, -0.15) is 0 Å². The Morgan fingerprint density at radius 3 is 2.35 bits per heavy atom. The van der Waals surface area contributed by atoms with E-state index >= 15 is 0 Å². The monoisotopic (exact) mass is 373 g/mol. The summed E-state index contributed by atoms with van der Waals surface area (Å²) in [5.74, 6) is -0.262. The van der Waals surface area contributed by atoms with Crippen LogP contribution < -0.4 is 0 Å². The minimum atomic E-state index is -3.41. The van der Waals surface area contributed by atoms with Gasteiger partial charge in [-0.25, -0.2) is 8.42 Å². The van der Waals surface area contributed by atoms with Crippen molar-refractivity contribution in [3.8, 4) is 0 Å². The first-order chi connectivity index (χ1) is 12.5. The van der Waals surface area contributed by atoms with E-state index in [1.54, 1.807) is 23.1 Å². The molecule has 0 N–H and O–H groups in total. The average molecular weight is 373 g/mol. The van der Waals surface area contributed by atoms with E-state index in [0.717, 1.165) is 5.56 Å². The maximum absolute atomic E-state index is 12.8. The molecule has 0 saturated heterocycles. The van der Waals surface area contributed by atoms with E-state index in [-0.39, 0.29) is 23.2 Å². The molecule has 0 fully saturated rings. The Balaban J connectivity index is 2.17. The van der Waals surface area contributed by atoms with E-state index in [1.807, 2.05) is 30.3 Å². The van der Waals surface area contributed by atoms with Crippen molar-refractivity contribution in [3.05, 3.63) is 78.4 Å². The normalized spacial score (nSPS) is 11.1. The van der Waals surface area contributed by atoms with Crippen molar-refractivity contribution in [2.75, 3.05) is 26.0 Å². The lowest BCUT2D eigenvalue weighted by Gasteiger charge is -2.21. The standard InChI is InChI=1S/C20H23NO4S/c1-3-13-21(16-17-7-5-4-6-8-17)20(22)18-9-11-19(12-10-18)26(23,24)15-14-25-2/h3-12H,1,13-16H2,2H3. The van der Waals surface area contributed by atoms with Gasteiger partial charge in [0.25, 0.3) is 5.91 Å². The van der Waals surface area contributed by atoms with E-state index in [4.69, 9.17) is 4.74 Å². The lowest BCUT2D eigenvalue weighted by Crippen LogP contribution is -2.30. The van der Waals surface area contributed by atoms with Gasteiger partial charge in [-0.3, -0.25) is 4.79 Å². The van der Waals surface area contributed by atoms with Crippen LogP contribution in [0.15, 0.2) is 72.1 Å². The van der Waals surface area contributed by atoms with Gasteiger partial charge in [0.2, 0.25) is 0 Å². The van der Waals surface area contributed by atoms with Gasteiger partial charge in [-0.05, 0) is 29.8 Å². The first-order valence-electron chi connectivity index (χ1n) is 8.24. The highest BCUT2D eigenvalue weighted by Crippen LogP contribution is 2.15. The molecule has 0 bridgehead atoms. The van der Waals surface area contributed by atoms with Gasteiger partial charge in [0.05, 0.1) is 17.3 Å². The molecule has 0 aliphatic heterocycles. The van der Waals surface area contributed by atoms with Gasteiger partial charge in [0.1, 0.15) is 0 Å². The molecule has 1 amide bonds. The van der Waals surface area contributed by atoms with Crippen LogP contribution in [0.2, 0.25) is 0 Å². The largest absolute Gasteiger partial charge is 0.384 e. The van der Waals surface area contributed by atoms with E-state index in [9.17, 15) is 13.2 Å². The molecule has 0 atom stereocenters. The molecule has 6 heteroatoms. The number of carbonyl (C=O) groups is 1. The Morgan fingerprint density at radius 2 is 1.77 bits per heavy atom. The summed E-state index contributed by atoms with van der Waals surface area (Å²) >= 11 is 0. The number of sulfone groups is 1. The van der Waals surface area contributed by atoms with Crippen molar-refractivity contribution in [1.29, 1.82) is 0 Å². The molecular formula is C20H23NO4S. The second-order valence-corrected chi connectivity index (χ2v) is 7.91. The molecule has 0 heterocycles. The average Bonchev–Trinajstić information content (AvgIpc) is 2.66. The van der Waals surface area contributed by atoms with Gasteiger partial charge in [-0.15, -0.1) is 6.58 Å². The number of nitrogens with zero attached hydrogens (tertiary/aromatic N) is 1. The second kappa shape index (κ2) is 9.31. The SMILES string of the molecule is C=CCN(Cc1ccccc1)C(=O)c1ccc(S(=O)(=O)CCOC)cc1. The van der Waals surface area contributed by atoms with E-state index in [0.29, 0.717) is 18.7 Å². The summed E-state index contributed by atoms with van der Waals surface area (Å²) in [6, 6.07) is 15.7. The highest BCUT2D eigenvalue weighted by atomic mass is 32.2. The number of amides is 1. The number of carbonyl (C=O) groups excluding carboxylic acids is 1. The smallest absolute Gasteiger partial charge is 0.254 e. The van der Waals surface area contributed by atoms with Crippen LogP contribution in [0.3, 0.4) is 0 Å². The number of hydrogen-bond donors (Lipinski definition) is 0. The Kier molecular flexibility index (Phi) is 7.12. The molecule has 0 aliphatic rings. The van der Waals surface area contributed by atoms with Crippen molar-refractivity contribution in [2.24, 2.45) is 0 Å². The Morgan fingerprint density at radius 1 is 1.12 bits per heavy atom. The van der Waals surface area contributed by atoms with Crippen LogP contribution in [0.4, 0.5) is 0 Å². The molecular weight excluding hydrogens is 350 g/mol. The lowest BCUT2D eigenvalue weighted by molar-refractivity contribution is 0.0762. The van der Waals surface area contributed by atoms with Gasteiger partial charge in [0, 0.05) is 25.8 Å². The summed E-state index contributed by atoms with van der Waals surface area (Å²) in [4.78, 5) is 14.6. The molecule has 5 nitrogen and oxygen atoms in total. The highest BCUT2D eigenvalue weighted by molar-refractivity contribution is 7.91. The Hall–Kier alpha value is -2.44. The Labute approximate surface area is 154 Å². The second-order valence-electron chi connectivity index (χ2n) is 5.80. The third kappa shape index (κ3) is 5.28. The molecule has 0 aromatic heterocycles. The summed E-state index contributed by atoms with van der Waals surface area (Å²) in [7, 11) is -1.95. The number of methoxy groups -OCH3 is 1. The zero-order chi connectivity index (χ0) is 19.0. The maximum atomic E-state index is 12.8. The fraction of sp³-hybridized carbons (Fsp3) is 0.250. The van der Waals surface area contributed by atoms with Crippen LogP contribution >= 0.6 is 0 Å². The maximum Gasteiger partial charge on any atom is 0.254 e. The fourth-order valence-electron chi connectivity index (χ4n) is 2.48.